The van der Waals surface area contributed by atoms with Gasteiger partial charge in [-0.2, -0.15) is 0 Å². The number of urea groups is 1. The first-order valence-corrected chi connectivity index (χ1v) is 9.30. The van der Waals surface area contributed by atoms with Gasteiger partial charge in [0.1, 0.15) is 0 Å². The van der Waals surface area contributed by atoms with Crippen LogP contribution < -0.4 is 10.2 Å². The summed E-state index contributed by atoms with van der Waals surface area (Å²) in [5, 5.41) is 3.21. The van der Waals surface area contributed by atoms with Gasteiger partial charge in [0, 0.05) is 17.7 Å². The SMILES string of the molecule is Cc1ccc2c3c1CCN3C(=O)NC(c1ccccc1)=C2c1ccccc1. The fourth-order valence-electron chi connectivity index (χ4n) is 4.20. The third kappa shape index (κ3) is 2.47. The maximum absolute atomic E-state index is 13.1. The lowest BCUT2D eigenvalue weighted by atomic mass is 9.90. The van der Waals surface area contributed by atoms with E-state index in [9.17, 15) is 4.79 Å². The van der Waals surface area contributed by atoms with Crippen molar-refractivity contribution in [1.29, 1.82) is 0 Å². The van der Waals surface area contributed by atoms with Crippen LogP contribution in [0.1, 0.15) is 27.8 Å². The number of carbonyl (C=O) groups is 1. The van der Waals surface area contributed by atoms with E-state index < -0.39 is 0 Å². The fraction of sp³-hybridized carbons (Fsp3) is 0.125. The van der Waals surface area contributed by atoms with Crippen LogP contribution in [0, 0.1) is 6.92 Å². The molecule has 3 aromatic carbocycles. The molecule has 3 heteroatoms. The summed E-state index contributed by atoms with van der Waals surface area (Å²) >= 11 is 0. The van der Waals surface area contributed by atoms with Gasteiger partial charge >= 0.3 is 6.03 Å². The van der Waals surface area contributed by atoms with E-state index in [2.05, 4.69) is 48.6 Å². The summed E-state index contributed by atoms with van der Waals surface area (Å²) in [5.41, 5.74) is 8.79. The third-order valence-electron chi connectivity index (χ3n) is 5.49. The van der Waals surface area contributed by atoms with Gasteiger partial charge in [0.15, 0.2) is 0 Å². The molecule has 132 valence electrons. The molecule has 3 aromatic rings. The Labute approximate surface area is 159 Å². The number of carbonyl (C=O) groups excluding carboxylic acids is 1. The molecule has 27 heavy (non-hydrogen) atoms. The predicted molar refractivity (Wildman–Crippen MR) is 110 cm³/mol. The first-order chi connectivity index (χ1) is 13.2. The van der Waals surface area contributed by atoms with Crippen molar-refractivity contribution in [1.82, 2.24) is 5.32 Å². The highest BCUT2D eigenvalue weighted by Crippen LogP contribution is 2.44. The van der Waals surface area contributed by atoms with E-state index in [4.69, 9.17) is 0 Å². The smallest absolute Gasteiger partial charge is 0.306 e. The molecule has 0 fully saturated rings. The van der Waals surface area contributed by atoms with E-state index in [0.29, 0.717) is 0 Å². The van der Waals surface area contributed by atoms with E-state index in [1.54, 1.807) is 0 Å². The zero-order valence-electron chi connectivity index (χ0n) is 15.2. The first-order valence-electron chi connectivity index (χ1n) is 9.30. The second-order valence-electron chi connectivity index (χ2n) is 7.07. The summed E-state index contributed by atoms with van der Waals surface area (Å²) in [7, 11) is 0. The van der Waals surface area contributed by atoms with Crippen LogP contribution in [0.15, 0.2) is 72.8 Å². The summed E-state index contributed by atoms with van der Waals surface area (Å²) in [6, 6.07) is 24.7. The summed E-state index contributed by atoms with van der Waals surface area (Å²) in [6.07, 6.45) is 0.908. The van der Waals surface area contributed by atoms with Gasteiger partial charge in [0.2, 0.25) is 0 Å². The summed E-state index contributed by atoms with van der Waals surface area (Å²) in [4.78, 5) is 15.0. The molecular weight excluding hydrogens is 332 g/mol. The van der Waals surface area contributed by atoms with E-state index in [0.717, 1.165) is 46.6 Å². The maximum atomic E-state index is 13.1. The second-order valence-corrected chi connectivity index (χ2v) is 7.07. The van der Waals surface area contributed by atoms with Gasteiger partial charge in [-0.1, -0.05) is 72.8 Å². The molecule has 0 atom stereocenters. The molecular formula is C24H20N2O. The van der Waals surface area contributed by atoms with Crippen molar-refractivity contribution in [2.75, 3.05) is 11.4 Å². The van der Waals surface area contributed by atoms with Gasteiger partial charge in [-0.3, -0.25) is 4.90 Å². The molecule has 0 saturated heterocycles. The number of hydrogen-bond acceptors (Lipinski definition) is 1. The summed E-state index contributed by atoms with van der Waals surface area (Å²) in [6.45, 7) is 2.86. The van der Waals surface area contributed by atoms with E-state index in [1.807, 2.05) is 41.3 Å². The van der Waals surface area contributed by atoms with Crippen molar-refractivity contribution < 1.29 is 4.79 Å². The van der Waals surface area contributed by atoms with Crippen LogP contribution >= 0.6 is 0 Å². The Bertz CT molecular complexity index is 1070. The molecule has 0 radical (unpaired) electrons. The summed E-state index contributed by atoms with van der Waals surface area (Å²) in [5.74, 6) is 0. The second kappa shape index (κ2) is 6.13. The van der Waals surface area contributed by atoms with E-state index in [1.165, 1.54) is 11.1 Å². The number of hydrogen-bond donors (Lipinski definition) is 1. The van der Waals surface area contributed by atoms with Crippen molar-refractivity contribution in [2.45, 2.75) is 13.3 Å². The van der Waals surface area contributed by atoms with Crippen molar-refractivity contribution >= 4 is 23.0 Å². The lowest BCUT2D eigenvalue weighted by Crippen LogP contribution is -2.37. The molecule has 0 aliphatic carbocycles. The van der Waals surface area contributed by atoms with Gasteiger partial charge in [0.05, 0.1) is 11.4 Å². The Morgan fingerprint density at radius 1 is 0.852 bits per heavy atom. The highest BCUT2D eigenvalue weighted by molar-refractivity contribution is 6.13. The molecule has 1 N–H and O–H groups in total. The van der Waals surface area contributed by atoms with Gasteiger partial charge in [0.25, 0.3) is 0 Å². The number of amides is 2. The van der Waals surface area contributed by atoms with Crippen molar-refractivity contribution in [3.05, 3.63) is 101 Å². The van der Waals surface area contributed by atoms with Crippen LogP contribution in [-0.4, -0.2) is 12.6 Å². The average Bonchev–Trinajstić information content (AvgIpc) is 3.12. The normalized spacial score (nSPS) is 15.4. The monoisotopic (exact) mass is 352 g/mol. The molecule has 2 aliphatic rings. The molecule has 0 spiro atoms. The molecule has 0 aromatic heterocycles. The molecule has 3 nitrogen and oxygen atoms in total. The fourth-order valence-corrected chi connectivity index (χ4v) is 4.20. The third-order valence-corrected chi connectivity index (χ3v) is 5.49. The first kappa shape index (κ1) is 15.9. The highest BCUT2D eigenvalue weighted by Gasteiger charge is 2.34. The minimum atomic E-state index is -0.0506. The zero-order chi connectivity index (χ0) is 18.4. The van der Waals surface area contributed by atoms with Crippen molar-refractivity contribution in [2.24, 2.45) is 0 Å². The van der Waals surface area contributed by atoms with Crippen molar-refractivity contribution in [3.63, 3.8) is 0 Å². The zero-order valence-corrected chi connectivity index (χ0v) is 15.2. The van der Waals surface area contributed by atoms with Gasteiger partial charge in [-0.15, -0.1) is 0 Å². The van der Waals surface area contributed by atoms with E-state index in [-0.39, 0.29) is 6.03 Å². The highest BCUT2D eigenvalue weighted by atomic mass is 16.2. The quantitative estimate of drug-likeness (QED) is 0.692. The van der Waals surface area contributed by atoms with Crippen molar-refractivity contribution in [3.8, 4) is 0 Å². The standard InChI is InChI=1S/C24H20N2O/c1-16-12-13-20-21(17-8-4-2-5-9-17)22(18-10-6-3-7-11-18)25-24(27)26-15-14-19(16)23(20)26/h2-13H,14-15H2,1H3,(H,25,27). The minimum absolute atomic E-state index is 0.0506. The maximum Gasteiger partial charge on any atom is 0.326 e. The minimum Gasteiger partial charge on any atom is -0.306 e. The van der Waals surface area contributed by atoms with Crippen LogP contribution in [0.25, 0.3) is 11.3 Å². The number of rotatable bonds is 2. The van der Waals surface area contributed by atoms with Gasteiger partial charge in [-0.05, 0) is 35.6 Å². The van der Waals surface area contributed by atoms with Crippen LogP contribution in [0.3, 0.4) is 0 Å². The van der Waals surface area contributed by atoms with Crippen LogP contribution in [0.5, 0.6) is 0 Å². The molecule has 2 amide bonds. The Morgan fingerprint density at radius 2 is 1.52 bits per heavy atom. The number of anilines is 1. The predicted octanol–water partition coefficient (Wildman–Crippen LogP) is 5.00. The Balaban J connectivity index is 1.88. The lowest BCUT2D eigenvalue weighted by Gasteiger charge is -2.18. The molecule has 5 rings (SSSR count). The van der Waals surface area contributed by atoms with Gasteiger partial charge < -0.3 is 5.32 Å². The lowest BCUT2D eigenvalue weighted by molar-refractivity contribution is 0.250. The molecule has 2 aliphatic heterocycles. The van der Waals surface area contributed by atoms with Crippen LogP contribution in [0.2, 0.25) is 0 Å². The van der Waals surface area contributed by atoms with Crippen LogP contribution in [0.4, 0.5) is 10.5 Å². The topological polar surface area (TPSA) is 32.3 Å². The molecule has 0 bridgehead atoms. The largest absolute Gasteiger partial charge is 0.326 e. The van der Waals surface area contributed by atoms with E-state index >= 15 is 0 Å². The number of nitrogens with zero attached hydrogens (tertiary/aromatic N) is 1. The molecule has 2 heterocycles. The molecule has 0 saturated carbocycles. The average molecular weight is 352 g/mol. The Morgan fingerprint density at radius 3 is 2.22 bits per heavy atom. The van der Waals surface area contributed by atoms with Gasteiger partial charge in [-0.25, -0.2) is 4.79 Å². The Kier molecular flexibility index (Phi) is 3.61. The summed E-state index contributed by atoms with van der Waals surface area (Å²) < 4.78 is 0. The number of benzene rings is 3. The van der Waals surface area contributed by atoms with Crippen LogP contribution in [-0.2, 0) is 6.42 Å². The molecule has 0 unspecified atom stereocenters. The number of aryl methyl sites for hydroxylation is 1. The Hall–Kier alpha value is -3.33. The number of nitrogens with one attached hydrogen (secondary N) is 1.